The average Bonchev–Trinajstić information content (AvgIpc) is 2.55. The number of carbonyl (C=O) groups is 2. The van der Waals surface area contributed by atoms with Crippen molar-refractivity contribution in [2.45, 2.75) is 18.9 Å². The first-order valence-electron chi connectivity index (χ1n) is 7.22. The van der Waals surface area contributed by atoms with Crippen LogP contribution in [0.15, 0.2) is 24.3 Å². The number of carbonyl (C=O) groups excluding carboxylic acids is 2. The van der Waals surface area contributed by atoms with Gasteiger partial charge in [-0.25, -0.2) is 4.39 Å². The summed E-state index contributed by atoms with van der Waals surface area (Å²) in [5.41, 5.74) is 6.37. The molecule has 1 aliphatic heterocycles. The van der Waals surface area contributed by atoms with Crippen molar-refractivity contribution < 1.29 is 18.7 Å². The SMILES string of the molecule is Cl.NC(C(=O)NCC(=O)Nc1ccc(F)cc1)C1CCOCC1. The predicted octanol–water partition coefficient (Wildman–Crippen LogP) is 1.06. The van der Waals surface area contributed by atoms with Crippen LogP contribution in [0.1, 0.15) is 12.8 Å². The Kier molecular flexibility index (Phi) is 7.94. The smallest absolute Gasteiger partial charge is 0.243 e. The third-order valence-corrected chi connectivity index (χ3v) is 3.63. The third kappa shape index (κ3) is 6.13. The van der Waals surface area contributed by atoms with Gasteiger partial charge in [0.05, 0.1) is 12.6 Å². The fourth-order valence-corrected chi connectivity index (χ4v) is 2.31. The van der Waals surface area contributed by atoms with Crippen LogP contribution in [-0.4, -0.2) is 37.6 Å². The van der Waals surface area contributed by atoms with E-state index in [1.807, 2.05) is 0 Å². The molecule has 128 valence electrons. The monoisotopic (exact) mass is 345 g/mol. The molecular formula is C15H21ClFN3O3. The molecule has 1 aliphatic rings. The highest BCUT2D eigenvalue weighted by molar-refractivity contribution is 5.95. The Morgan fingerprint density at radius 3 is 2.48 bits per heavy atom. The Bertz CT molecular complexity index is 521. The lowest BCUT2D eigenvalue weighted by Crippen LogP contribution is -2.48. The summed E-state index contributed by atoms with van der Waals surface area (Å²) in [4.78, 5) is 23.7. The van der Waals surface area contributed by atoms with Crippen molar-refractivity contribution in [3.05, 3.63) is 30.1 Å². The van der Waals surface area contributed by atoms with Gasteiger partial charge in [0.15, 0.2) is 0 Å². The second kappa shape index (κ2) is 9.44. The number of benzene rings is 1. The molecule has 1 saturated heterocycles. The van der Waals surface area contributed by atoms with E-state index in [0.29, 0.717) is 18.9 Å². The van der Waals surface area contributed by atoms with Gasteiger partial charge in [0, 0.05) is 18.9 Å². The van der Waals surface area contributed by atoms with E-state index in [-0.39, 0.29) is 42.5 Å². The zero-order valence-corrected chi connectivity index (χ0v) is 13.4. The molecule has 1 aromatic rings. The molecule has 1 fully saturated rings. The van der Waals surface area contributed by atoms with Crippen LogP contribution in [0.4, 0.5) is 10.1 Å². The maximum atomic E-state index is 12.8. The van der Waals surface area contributed by atoms with Gasteiger partial charge in [0.1, 0.15) is 5.82 Å². The summed E-state index contributed by atoms with van der Waals surface area (Å²) in [5.74, 6) is -1.04. The molecular weight excluding hydrogens is 325 g/mol. The van der Waals surface area contributed by atoms with Crippen LogP contribution in [0, 0.1) is 11.7 Å². The number of nitrogens with two attached hydrogens (primary N) is 1. The molecule has 0 saturated carbocycles. The van der Waals surface area contributed by atoms with Crippen molar-refractivity contribution in [1.82, 2.24) is 5.32 Å². The van der Waals surface area contributed by atoms with Gasteiger partial charge in [-0.15, -0.1) is 12.4 Å². The summed E-state index contributed by atoms with van der Waals surface area (Å²) in [5, 5.41) is 5.08. The van der Waals surface area contributed by atoms with E-state index in [9.17, 15) is 14.0 Å². The molecule has 1 aromatic carbocycles. The van der Waals surface area contributed by atoms with E-state index in [1.54, 1.807) is 0 Å². The van der Waals surface area contributed by atoms with Crippen molar-refractivity contribution in [1.29, 1.82) is 0 Å². The molecule has 4 N–H and O–H groups in total. The number of nitrogens with one attached hydrogen (secondary N) is 2. The van der Waals surface area contributed by atoms with E-state index >= 15 is 0 Å². The lowest BCUT2D eigenvalue weighted by molar-refractivity contribution is -0.126. The van der Waals surface area contributed by atoms with Gasteiger partial charge in [-0.05, 0) is 43.0 Å². The summed E-state index contributed by atoms with van der Waals surface area (Å²) < 4.78 is 18.0. The Balaban J connectivity index is 0.00000264. The summed E-state index contributed by atoms with van der Waals surface area (Å²) in [6.45, 7) is 1.04. The molecule has 23 heavy (non-hydrogen) atoms. The van der Waals surface area contributed by atoms with Gasteiger partial charge in [-0.3, -0.25) is 9.59 Å². The Morgan fingerprint density at radius 1 is 1.26 bits per heavy atom. The van der Waals surface area contributed by atoms with Crippen LogP contribution in [0.5, 0.6) is 0 Å². The topological polar surface area (TPSA) is 93.5 Å². The summed E-state index contributed by atoms with van der Waals surface area (Å²) in [7, 11) is 0. The number of rotatable bonds is 5. The second-order valence-electron chi connectivity index (χ2n) is 5.25. The maximum Gasteiger partial charge on any atom is 0.243 e. The number of hydrogen-bond acceptors (Lipinski definition) is 4. The van der Waals surface area contributed by atoms with E-state index < -0.39 is 6.04 Å². The molecule has 2 amide bonds. The number of halogens is 2. The third-order valence-electron chi connectivity index (χ3n) is 3.63. The predicted molar refractivity (Wildman–Crippen MR) is 86.8 cm³/mol. The summed E-state index contributed by atoms with van der Waals surface area (Å²) in [6.07, 6.45) is 1.49. The molecule has 6 nitrogen and oxygen atoms in total. The minimum Gasteiger partial charge on any atom is -0.381 e. The van der Waals surface area contributed by atoms with Gasteiger partial charge in [0.25, 0.3) is 0 Å². The maximum absolute atomic E-state index is 12.8. The largest absolute Gasteiger partial charge is 0.381 e. The van der Waals surface area contributed by atoms with Gasteiger partial charge < -0.3 is 21.1 Å². The van der Waals surface area contributed by atoms with Crippen molar-refractivity contribution >= 4 is 29.9 Å². The van der Waals surface area contributed by atoms with Crippen LogP contribution >= 0.6 is 12.4 Å². The Hall–Kier alpha value is -1.70. The lowest BCUT2D eigenvalue weighted by Gasteiger charge is -2.26. The average molecular weight is 346 g/mol. The minimum atomic E-state index is -0.637. The zero-order valence-electron chi connectivity index (χ0n) is 12.6. The van der Waals surface area contributed by atoms with Crippen LogP contribution in [0.3, 0.4) is 0 Å². The number of hydrogen-bond donors (Lipinski definition) is 3. The number of ether oxygens (including phenoxy) is 1. The summed E-state index contributed by atoms with van der Waals surface area (Å²) >= 11 is 0. The molecule has 0 bridgehead atoms. The van der Waals surface area contributed by atoms with Crippen LogP contribution in [0.25, 0.3) is 0 Å². The van der Waals surface area contributed by atoms with Crippen molar-refractivity contribution in [2.75, 3.05) is 25.1 Å². The highest BCUT2D eigenvalue weighted by Gasteiger charge is 2.26. The van der Waals surface area contributed by atoms with Crippen molar-refractivity contribution in [3.8, 4) is 0 Å². The van der Waals surface area contributed by atoms with E-state index in [1.165, 1.54) is 24.3 Å². The fourth-order valence-electron chi connectivity index (χ4n) is 2.31. The molecule has 0 spiro atoms. The van der Waals surface area contributed by atoms with E-state index in [2.05, 4.69) is 10.6 Å². The first kappa shape index (κ1) is 19.3. The molecule has 0 radical (unpaired) electrons. The molecule has 1 heterocycles. The van der Waals surface area contributed by atoms with Crippen molar-refractivity contribution in [2.24, 2.45) is 11.7 Å². The molecule has 0 aliphatic carbocycles. The molecule has 0 aromatic heterocycles. The van der Waals surface area contributed by atoms with E-state index in [0.717, 1.165) is 12.8 Å². The summed E-state index contributed by atoms with van der Waals surface area (Å²) in [6, 6.07) is 4.75. The highest BCUT2D eigenvalue weighted by atomic mass is 35.5. The molecule has 8 heteroatoms. The first-order valence-corrected chi connectivity index (χ1v) is 7.22. The normalized spacial score (nSPS) is 16.1. The number of anilines is 1. The molecule has 1 atom stereocenters. The number of amides is 2. The van der Waals surface area contributed by atoms with Gasteiger partial charge >= 0.3 is 0 Å². The van der Waals surface area contributed by atoms with Crippen LogP contribution in [-0.2, 0) is 14.3 Å². The standard InChI is InChI=1S/C15H20FN3O3.ClH/c16-11-1-3-12(4-2-11)19-13(20)9-18-15(21)14(17)10-5-7-22-8-6-10;/h1-4,10,14H,5-9,17H2,(H,18,21)(H,19,20);1H. The molecule has 1 unspecified atom stereocenters. The lowest BCUT2D eigenvalue weighted by atomic mass is 9.92. The minimum absolute atomic E-state index is 0. The Labute approximate surface area is 140 Å². The van der Waals surface area contributed by atoms with E-state index in [4.69, 9.17) is 10.5 Å². The first-order chi connectivity index (χ1) is 10.6. The quantitative estimate of drug-likeness (QED) is 0.743. The highest BCUT2D eigenvalue weighted by Crippen LogP contribution is 2.17. The molecule has 2 rings (SSSR count). The van der Waals surface area contributed by atoms with Gasteiger partial charge in [-0.1, -0.05) is 0 Å². The zero-order chi connectivity index (χ0) is 15.9. The fraction of sp³-hybridized carbons (Fsp3) is 0.467. The van der Waals surface area contributed by atoms with Gasteiger partial charge in [0.2, 0.25) is 11.8 Å². The second-order valence-corrected chi connectivity index (χ2v) is 5.25. The van der Waals surface area contributed by atoms with Crippen LogP contribution < -0.4 is 16.4 Å². The van der Waals surface area contributed by atoms with Crippen molar-refractivity contribution in [3.63, 3.8) is 0 Å². The van der Waals surface area contributed by atoms with Crippen LogP contribution in [0.2, 0.25) is 0 Å². The van der Waals surface area contributed by atoms with Gasteiger partial charge in [-0.2, -0.15) is 0 Å². The Morgan fingerprint density at radius 2 is 1.87 bits per heavy atom.